The SMILES string of the molecule is N#C/C(=C/c1cc(Cl)c(OCc2ccc(Cl)c(Cl)c2)c(Cl)c1)C(=O)Nc1cccc(C(=O)O)c1. The molecule has 0 saturated heterocycles. The van der Waals surface area contributed by atoms with Crippen molar-refractivity contribution in [3.8, 4) is 11.8 Å². The van der Waals surface area contributed by atoms with Crippen LogP contribution in [0.2, 0.25) is 20.1 Å². The van der Waals surface area contributed by atoms with Crippen molar-refractivity contribution in [2.75, 3.05) is 5.32 Å². The van der Waals surface area contributed by atoms with Crippen molar-refractivity contribution in [2.24, 2.45) is 0 Å². The summed E-state index contributed by atoms with van der Waals surface area (Å²) in [6.45, 7) is 0.132. The molecule has 3 rings (SSSR count). The van der Waals surface area contributed by atoms with Crippen LogP contribution in [0.3, 0.4) is 0 Å². The van der Waals surface area contributed by atoms with Crippen molar-refractivity contribution in [2.45, 2.75) is 6.61 Å². The van der Waals surface area contributed by atoms with Gasteiger partial charge in [-0.2, -0.15) is 5.26 Å². The Balaban J connectivity index is 1.77. The molecule has 0 bridgehead atoms. The predicted octanol–water partition coefficient (Wildman–Crippen LogP) is 7.12. The normalized spacial score (nSPS) is 11.0. The summed E-state index contributed by atoms with van der Waals surface area (Å²) in [4.78, 5) is 23.6. The van der Waals surface area contributed by atoms with Crippen molar-refractivity contribution < 1.29 is 19.4 Å². The van der Waals surface area contributed by atoms with E-state index in [0.29, 0.717) is 15.6 Å². The molecular weight excluding hydrogens is 522 g/mol. The first-order valence-corrected chi connectivity index (χ1v) is 11.0. The largest absolute Gasteiger partial charge is 0.486 e. The molecule has 6 nitrogen and oxygen atoms in total. The predicted molar refractivity (Wildman–Crippen MR) is 133 cm³/mol. The van der Waals surface area contributed by atoms with E-state index in [1.165, 1.54) is 42.5 Å². The van der Waals surface area contributed by atoms with Crippen molar-refractivity contribution in [3.05, 3.63) is 97.0 Å². The van der Waals surface area contributed by atoms with Crippen LogP contribution in [0.15, 0.2) is 60.2 Å². The van der Waals surface area contributed by atoms with E-state index in [0.717, 1.165) is 5.56 Å². The minimum absolute atomic E-state index is 0.00434. The Morgan fingerprint density at radius 3 is 2.29 bits per heavy atom. The molecule has 0 aromatic heterocycles. The van der Waals surface area contributed by atoms with Crippen LogP contribution >= 0.6 is 46.4 Å². The summed E-state index contributed by atoms with van der Waals surface area (Å²) in [5.74, 6) is -1.64. The molecule has 0 saturated carbocycles. The molecule has 34 heavy (non-hydrogen) atoms. The third-order valence-electron chi connectivity index (χ3n) is 4.43. The second kappa shape index (κ2) is 11.3. The molecule has 0 aliphatic rings. The van der Waals surface area contributed by atoms with E-state index in [4.69, 9.17) is 56.2 Å². The van der Waals surface area contributed by atoms with Crippen LogP contribution < -0.4 is 10.1 Å². The average Bonchev–Trinajstić information content (AvgIpc) is 2.79. The molecular formula is C24H14Cl4N2O4. The number of benzene rings is 3. The van der Waals surface area contributed by atoms with Gasteiger partial charge in [0.05, 0.1) is 25.7 Å². The maximum atomic E-state index is 12.5. The first kappa shape index (κ1) is 25.4. The number of carboxylic acid groups (broad SMARTS) is 1. The number of nitriles is 1. The highest BCUT2D eigenvalue weighted by Gasteiger charge is 2.14. The molecule has 0 spiro atoms. The quantitative estimate of drug-likeness (QED) is 0.248. The van der Waals surface area contributed by atoms with E-state index in [2.05, 4.69) is 5.32 Å². The van der Waals surface area contributed by atoms with Gasteiger partial charge in [0.15, 0.2) is 5.75 Å². The highest BCUT2D eigenvalue weighted by Crippen LogP contribution is 2.36. The monoisotopic (exact) mass is 534 g/mol. The van der Waals surface area contributed by atoms with Crippen molar-refractivity contribution in [1.82, 2.24) is 0 Å². The number of hydrogen-bond donors (Lipinski definition) is 2. The molecule has 0 fully saturated rings. The fraction of sp³-hybridized carbons (Fsp3) is 0.0417. The van der Waals surface area contributed by atoms with Gasteiger partial charge in [-0.1, -0.05) is 58.5 Å². The van der Waals surface area contributed by atoms with Crippen molar-refractivity contribution in [1.29, 1.82) is 5.26 Å². The van der Waals surface area contributed by atoms with E-state index >= 15 is 0 Å². The number of rotatable bonds is 7. The number of nitrogens with zero attached hydrogens (tertiary/aromatic N) is 1. The van der Waals surface area contributed by atoms with Crippen LogP contribution in [0.25, 0.3) is 6.08 Å². The minimum Gasteiger partial charge on any atom is -0.486 e. The fourth-order valence-corrected chi connectivity index (χ4v) is 3.76. The Kier molecular flexibility index (Phi) is 8.43. The Morgan fingerprint density at radius 2 is 1.68 bits per heavy atom. The highest BCUT2D eigenvalue weighted by atomic mass is 35.5. The second-order valence-electron chi connectivity index (χ2n) is 6.86. The maximum Gasteiger partial charge on any atom is 0.335 e. The molecule has 3 aromatic carbocycles. The smallest absolute Gasteiger partial charge is 0.335 e. The number of anilines is 1. The van der Waals surface area contributed by atoms with Crippen LogP contribution in [0.4, 0.5) is 5.69 Å². The van der Waals surface area contributed by atoms with Gasteiger partial charge in [0.25, 0.3) is 5.91 Å². The number of aromatic carboxylic acids is 1. The molecule has 0 heterocycles. The van der Waals surface area contributed by atoms with E-state index in [1.54, 1.807) is 18.2 Å². The zero-order chi connectivity index (χ0) is 24.8. The van der Waals surface area contributed by atoms with Gasteiger partial charge >= 0.3 is 5.97 Å². The third kappa shape index (κ3) is 6.43. The zero-order valence-corrected chi connectivity index (χ0v) is 20.1. The van der Waals surface area contributed by atoms with Crippen LogP contribution in [0.5, 0.6) is 5.75 Å². The lowest BCUT2D eigenvalue weighted by Crippen LogP contribution is -2.14. The van der Waals surface area contributed by atoms with Gasteiger partial charge in [-0.05, 0) is 59.7 Å². The molecule has 1 amide bonds. The van der Waals surface area contributed by atoms with Crippen LogP contribution in [-0.2, 0) is 11.4 Å². The number of carboxylic acids is 1. The first-order valence-electron chi connectivity index (χ1n) is 9.50. The highest BCUT2D eigenvalue weighted by molar-refractivity contribution is 6.42. The minimum atomic E-state index is -1.14. The molecule has 172 valence electrons. The number of halogens is 4. The van der Waals surface area contributed by atoms with Gasteiger partial charge in [-0.25, -0.2) is 4.79 Å². The van der Waals surface area contributed by atoms with Gasteiger partial charge in [0, 0.05) is 5.69 Å². The summed E-state index contributed by atoms with van der Waals surface area (Å²) in [5.41, 5.74) is 1.13. The lowest BCUT2D eigenvalue weighted by Gasteiger charge is -2.12. The second-order valence-corrected chi connectivity index (χ2v) is 8.49. The van der Waals surface area contributed by atoms with Gasteiger partial charge in [-0.15, -0.1) is 0 Å². The Hall–Kier alpha value is -3.21. The van der Waals surface area contributed by atoms with Crippen molar-refractivity contribution >= 4 is 70.0 Å². The first-order chi connectivity index (χ1) is 16.2. The summed E-state index contributed by atoms with van der Waals surface area (Å²) in [7, 11) is 0. The Labute approximate surface area is 214 Å². The Morgan fingerprint density at radius 1 is 0.971 bits per heavy atom. The number of hydrogen-bond acceptors (Lipinski definition) is 4. The molecule has 0 unspecified atom stereocenters. The lowest BCUT2D eigenvalue weighted by atomic mass is 10.1. The molecule has 0 aliphatic carbocycles. The Bertz CT molecular complexity index is 1330. The summed E-state index contributed by atoms with van der Waals surface area (Å²) >= 11 is 24.5. The number of ether oxygens (including phenoxy) is 1. The van der Waals surface area contributed by atoms with Gasteiger partial charge in [0.1, 0.15) is 18.2 Å². The number of carbonyl (C=O) groups is 2. The molecule has 0 atom stereocenters. The number of nitrogens with one attached hydrogen (secondary N) is 1. The molecule has 0 radical (unpaired) electrons. The lowest BCUT2D eigenvalue weighted by molar-refractivity contribution is -0.112. The van der Waals surface area contributed by atoms with Crippen LogP contribution in [0.1, 0.15) is 21.5 Å². The van der Waals surface area contributed by atoms with E-state index < -0.39 is 11.9 Å². The maximum absolute atomic E-state index is 12.5. The van der Waals surface area contributed by atoms with Gasteiger partial charge in [-0.3, -0.25) is 4.79 Å². The standard InChI is InChI=1S/C24H14Cl4N2O4/c25-18-5-4-13(7-19(18)26)12-34-22-20(27)8-14(9-21(22)28)6-16(11-29)23(31)30-17-3-1-2-15(10-17)24(32)33/h1-10H,12H2,(H,30,31)(H,32,33)/b16-6-. The van der Waals surface area contributed by atoms with Crippen LogP contribution in [-0.4, -0.2) is 17.0 Å². The summed E-state index contributed by atoms with van der Waals surface area (Å²) < 4.78 is 5.71. The van der Waals surface area contributed by atoms with E-state index in [1.807, 2.05) is 6.07 Å². The van der Waals surface area contributed by atoms with E-state index in [-0.39, 0.29) is 39.2 Å². The topological polar surface area (TPSA) is 99.4 Å². The summed E-state index contributed by atoms with van der Waals surface area (Å²) in [6.07, 6.45) is 1.30. The average molecular weight is 536 g/mol. The molecule has 0 aliphatic heterocycles. The van der Waals surface area contributed by atoms with Crippen molar-refractivity contribution in [3.63, 3.8) is 0 Å². The summed E-state index contributed by atoms with van der Waals surface area (Å²) in [5, 5.41) is 22.2. The van der Waals surface area contributed by atoms with Crippen LogP contribution in [0, 0.1) is 11.3 Å². The summed E-state index contributed by atoms with van der Waals surface area (Å²) in [6, 6.07) is 15.5. The molecule has 3 aromatic rings. The molecule has 10 heteroatoms. The number of carbonyl (C=O) groups excluding carboxylic acids is 1. The van der Waals surface area contributed by atoms with Gasteiger partial charge in [0.2, 0.25) is 0 Å². The third-order valence-corrected chi connectivity index (χ3v) is 5.73. The van der Waals surface area contributed by atoms with E-state index in [9.17, 15) is 14.9 Å². The van der Waals surface area contributed by atoms with Gasteiger partial charge < -0.3 is 15.2 Å². The zero-order valence-electron chi connectivity index (χ0n) is 17.1. The molecule has 2 N–H and O–H groups in total. The fourth-order valence-electron chi connectivity index (χ4n) is 2.83. The number of amides is 1.